The molecule has 0 fully saturated rings. The first kappa shape index (κ1) is 11.9. The molecule has 2 heterocycles. The van der Waals surface area contributed by atoms with E-state index < -0.39 is 0 Å². The van der Waals surface area contributed by atoms with Crippen molar-refractivity contribution in [1.82, 2.24) is 5.32 Å². The summed E-state index contributed by atoms with van der Waals surface area (Å²) in [4.78, 5) is 0.889. The molecule has 0 aliphatic carbocycles. The van der Waals surface area contributed by atoms with Crippen LogP contribution in [-0.2, 0) is 0 Å². The van der Waals surface area contributed by atoms with E-state index in [1.165, 1.54) is 22.4 Å². The fraction of sp³-hybridized carbons (Fsp3) is 0.235. The van der Waals surface area contributed by atoms with E-state index in [0.717, 1.165) is 18.0 Å². The van der Waals surface area contributed by atoms with Crippen molar-refractivity contribution >= 4 is 22.9 Å². The van der Waals surface area contributed by atoms with Gasteiger partial charge < -0.3 is 10.6 Å². The normalized spacial score (nSPS) is 23.5. The fourth-order valence-electron chi connectivity index (χ4n) is 3.45. The molecule has 2 aliphatic heterocycles. The SMILES string of the molecule is S=C1NCCC2c3c(cccc31)NC2c1ccccc1. The Hall–Kier alpha value is -1.87. The summed E-state index contributed by atoms with van der Waals surface area (Å²) in [6, 6.07) is 17.5. The summed E-state index contributed by atoms with van der Waals surface area (Å²) in [7, 11) is 0. The third kappa shape index (κ3) is 1.74. The van der Waals surface area contributed by atoms with Crippen molar-refractivity contribution in [2.24, 2.45) is 0 Å². The summed E-state index contributed by atoms with van der Waals surface area (Å²) in [6.07, 6.45) is 1.11. The first-order chi connectivity index (χ1) is 9.84. The third-order valence-corrected chi connectivity index (χ3v) is 4.70. The Kier molecular flexibility index (Phi) is 2.74. The van der Waals surface area contributed by atoms with Crippen LogP contribution in [0.5, 0.6) is 0 Å². The molecule has 0 spiro atoms. The van der Waals surface area contributed by atoms with E-state index in [0.29, 0.717) is 12.0 Å². The monoisotopic (exact) mass is 280 g/mol. The number of hydrogen-bond acceptors (Lipinski definition) is 2. The van der Waals surface area contributed by atoms with Crippen molar-refractivity contribution in [3.63, 3.8) is 0 Å². The minimum absolute atomic E-state index is 0.357. The maximum Gasteiger partial charge on any atom is 0.106 e. The van der Waals surface area contributed by atoms with Crippen LogP contribution in [0, 0.1) is 0 Å². The predicted octanol–water partition coefficient (Wildman–Crippen LogP) is 3.61. The fourth-order valence-corrected chi connectivity index (χ4v) is 3.73. The highest BCUT2D eigenvalue weighted by molar-refractivity contribution is 7.80. The topological polar surface area (TPSA) is 24.1 Å². The zero-order valence-corrected chi connectivity index (χ0v) is 11.9. The zero-order valence-electron chi connectivity index (χ0n) is 11.1. The molecule has 0 saturated carbocycles. The molecule has 0 bridgehead atoms. The second-order valence-corrected chi connectivity index (χ2v) is 5.86. The molecule has 0 radical (unpaired) electrons. The highest BCUT2D eigenvalue weighted by Crippen LogP contribution is 2.48. The summed E-state index contributed by atoms with van der Waals surface area (Å²) in [5.74, 6) is 0.497. The second kappa shape index (κ2) is 4.60. The summed E-state index contributed by atoms with van der Waals surface area (Å²) in [5, 5.41) is 7.06. The molecule has 2 aromatic rings. The van der Waals surface area contributed by atoms with Gasteiger partial charge in [0.25, 0.3) is 0 Å². The number of anilines is 1. The average Bonchev–Trinajstić information content (AvgIpc) is 2.78. The van der Waals surface area contributed by atoms with Crippen LogP contribution in [0.25, 0.3) is 0 Å². The molecule has 4 rings (SSSR count). The molecule has 0 saturated heterocycles. The maximum atomic E-state index is 5.50. The van der Waals surface area contributed by atoms with Crippen LogP contribution >= 0.6 is 12.2 Å². The Morgan fingerprint density at radius 1 is 1.00 bits per heavy atom. The van der Waals surface area contributed by atoms with E-state index in [4.69, 9.17) is 12.2 Å². The van der Waals surface area contributed by atoms with Crippen molar-refractivity contribution in [3.05, 3.63) is 65.2 Å². The van der Waals surface area contributed by atoms with Crippen molar-refractivity contribution in [1.29, 1.82) is 0 Å². The van der Waals surface area contributed by atoms with E-state index in [1.54, 1.807) is 0 Å². The van der Waals surface area contributed by atoms with Crippen LogP contribution in [0.4, 0.5) is 5.69 Å². The minimum Gasteiger partial charge on any atom is -0.377 e. The molecule has 0 amide bonds. The summed E-state index contributed by atoms with van der Waals surface area (Å²) < 4.78 is 0. The van der Waals surface area contributed by atoms with Gasteiger partial charge in [0.05, 0.1) is 6.04 Å². The van der Waals surface area contributed by atoms with Gasteiger partial charge in [0, 0.05) is 23.7 Å². The maximum absolute atomic E-state index is 5.50. The van der Waals surface area contributed by atoms with Crippen molar-refractivity contribution in [2.45, 2.75) is 18.4 Å². The Labute approximate surface area is 124 Å². The second-order valence-electron chi connectivity index (χ2n) is 5.45. The lowest BCUT2D eigenvalue weighted by Gasteiger charge is -2.20. The Balaban J connectivity index is 1.84. The molecule has 2 atom stereocenters. The first-order valence-corrected chi connectivity index (χ1v) is 7.48. The van der Waals surface area contributed by atoms with Crippen LogP contribution in [0.3, 0.4) is 0 Å². The van der Waals surface area contributed by atoms with E-state index in [9.17, 15) is 0 Å². The van der Waals surface area contributed by atoms with E-state index >= 15 is 0 Å². The van der Waals surface area contributed by atoms with Crippen molar-refractivity contribution in [2.75, 3.05) is 11.9 Å². The molecular formula is C17H16N2S. The standard InChI is InChI=1S/C17H16N2S/c20-17-13-7-4-8-14-15(13)12(9-10-18-17)16(19-14)11-5-2-1-3-6-11/h1-8,12,16,19H,9-10H2,(H,18,20). The Bertz CT molecular complexity index is 666. The van der Waals surface area contributed by atoms with E-state index in [-0.39, 0.29) is 0 Å². The lowest BCUT2D eigenvalue weighted by molar-refractivity contribution is 0.574. The number of rotatable bonds is 1. The quantitative estimate of drug-likeness (QED) is 0.780. The number of benzene rings is 2. The smallest absolute Gasteiger partial charge is 0.106 e. The van der Waals surface area contributed by atoms with Gasteiger partial charge in [-0.05, 0) is 23.6 Å². The number of hydrogen-bond donors (Lipinski definition) is 2. The molecule has 2 aliphatic rings. The van der Waals surface area contributed by atoms with Gasteiger partial charge in [0.15, 0.2) is 0 Å². The molecule has 0 aromatic heterocycles. The molecule has 2 N–H and O–H groups in total. The van der Waals surface area contributed by atoms with Crippen LogP contribution < -0.4 is 10.6 Å². The molecule has 2 nitrogen and oxygen atoms in total. The largest absolute Gasteiger partial charge is 0.377 e. The van der Waals surface area contributed by atoms with Crippen molar-refractivity contribution in [3.8, 4) is 0 Å². The lowest BCUT2D eigenvalue weighted by Crippen LogP contribution is -2.22. The number of thiocarbonyl (C=S) groups is 1. The molecule has 2 unspecified atom stereocenters. The zero-order chi connectivity index (χ0) is 13.5. The summed E-state index contributed by atoms with van der Waals surface area (Å²) in [5.41, 5.74) is 5.20. The lowest BCUT2D eigenvalue weighted by atomic mass is 9.86. The predicted molar refractivity (Wildman–Crippen MR) is 86.3 cm³/mol. The highest BCUT2D eigenvalue weighted by Gasteiger charge is 2.36. The van der Waals surface area contributed by atoms with Crippen LogP contribution in [0.1, 0.15) is 35.1 Å². The van der Waals surface area contributed by atoms with Crippen LogP contribution in [0.2, 0.25) is 0 Å². The van der Waals surface area contributed by atoms with Gasteiger partial charge in [-0.1, -0.05) is 54.7 Å². The van der Waals surface area contributed by atoms with Gasteiger partial charge in [0.2, 0.25) is 0 Å². The van der Waals surface area contributed by atoms with Crippen molar-refractivity contribution < 1.29 is 0 Å². The van der Waals surface area contributed by atoms with Gasteiger partial charge in [-0.15, -0.1) is 0 Å². The average molecular weight is 280 g/mol. The molecule has 2 aromatic carbocycles. The summed E-state index contributed by atoms with van der Waals surface area (Å²) in [6.45, 7) is 0.947. The highest BCUT2D eigenvalue weighted by atomic mass is 32.1. The molecule has 3 heteroatoms. The Morgan fingerprint density at radius 3 is 2.70 bits per heavy atom. The van der Waals surface area contributed by atoms with Gasteiger partial charge in [-0.3, -0.25) is 0 Å². The van der Waals surface area contributed by atoms with Gasteiger partial charge in [-0.2, -0.15) is 0 Å². The number of nitrogens with one attached hydrogen (secondary N) is 2. The van der Waals surface area contributed by atoms with E-state index in [2.05, 4.69) is 59.2 Å². The van der Waals surface area contributed by atoms with Gasteiger partial charge >= 0.3 is 0 Å². The van der Waals surface area contributed by atoms with E-state index in [1.807, 2.05) is 0 Å². The molecule has 100 valence electrons. The molecular weight excluding hydrogens is 264 g/mol. The minimum atomic E-state index is 0.357. The Morgan fingerprint density at radius 2 is 1.85 bits per heavy atom. The molecule has 20 heavy (non-hydrogen) atoms. The van der Waals surface area contributed by atoms with Crippen LogP contribution in [0.15, 0.2) is 48.5 Å². The first-order valence-electron chi connectivity index (χ1n) is 7.07. The van der Waals surface area contributed by atoms with Crippen LogP contribution in [-0.4, -0.2) is 11.5 Å². The summed E-state index contributed by atoms with van der Waals surface area (Å²) >= 11 is 5.50. The third-order valence-electron chi connectivity index (χ3n) is 4.33. The van der Waals surface area contributed by atoms with Gasteiger partial charge in [-0.25, -0.2) is 0 Å². The van der Waals surface area contributed by atoms with Gasteiger partial charge in [0.1, 0.15) is 4.99 Å².